The predicted octanol–water partition coefficient (Wildman–Crippen LogP) is 4.10. The number of pyridine rings is 1. The predicted molar refractivity (Wildman–Crippen MR) is 90.6 cm³/mol. The summed E-state index contributed by atoms with van der Waals surface area (Å²) in [5, 5.41) is 0. The van der Waals surface area contributed by atoms with Crippen LogP contribution in [-0.2, 0) is 19.6 Å². The largest absolute Gasteiger partial charge is 0.496 e. The molecule has 0 aliphatic heterocycles. The van der Waals surface area contributed by atoms with Crippen molar-refractivity contribution >= 4 is 0 Å². The maximum absolute atomic E-state index is 5.51. The van der Waals surface area contributed by atoms with Crippen molar-refractivity contribution in [1.29, 1.82) is 0 Å². The molecule has 0 fully saturated rings. The Balaban J connectivity index is 1.83. The van der Waals surface area contributed by atoms with Gasteiger partial charge in [0.2, 0.25) is 0 Å². The first-order valence-corrected chi connectivity index (χ1v) is 7.93. The van der Waals surface area contributed by atoms with Gasteiger partial charge in [-0.25, -0.2) is 0 Å². The first kappa shape index (κ1) is 16.3. The van der Waals surface area contributed by atoms with Gasteiger partial charge in [-0.05, 0) is 38.1 Å². The fourth-order valence-corrected chi connectivity index (χ4v) is 2.86. The summed E-state index contributed by atoms with van der Waals surface area (Å²) in [6.45, 7) is 6.11. The Kier molecular flexibility index (Phi) is 5.01. The molecule has 3 aromatic heterocycles. The van der Waals surface area contributed by atoms with E-state index >= 15 is 0 Å². The second-order valence-corrected chi connectivity index (χ2v) is 5.85. The molecule has 5 nitrogen and oxygen atoms in total. The van der Waals surface area contributed by atoms with Crippen LogP contribution in [0.1, 0.15) is 28.3 Å². The van der Waals surface area contributed by atoms with Crippen molar-refractivity contribution in [3.63, 3.8) is 0 Å². The molecule has 5 heteroatoms. The highest BCUT2D eigenvalue weighted by atomic mass is 16.5. The van der Waals surface area contributed by atoms with Crippen molar-refractivity contribution in [2.75, 3.05) is 7.11 Å². The Morgan fingerprint density at radius 2 is 1.62 bits per heavy atom. The molecule has 3 aromatic rings. The summed E-state index contributed by atoms with van der Waals surface area (Å²) in [5.41, 5.74) is 3.11. The summed E-state index contributed by atoms with van der Waals surface area (Å²) in [7, 11) is 1.70. The lowest BCUT2D eigenvalue weighted by atomic mass is 10.1. The number of furan rings is 2. The van der Waals surface area contributed by atoms with Crippen molar-refractivity contribution in [3.05, 3.63) is 71.3 Å². The number of hydrogen-bond donors (Lipinski definition) is 0. The van der Waals surface area contributed by atoms with Crippen LogP contribution in [0.3, 0.4) is 0 Å². The molecule has 0 aliphatic rings. The summed E-state index contributed by atoms with van der Waals surface area (Å²) in [6.07, 6.45) is 5.25. The van der Waals surface area contributed by atoms with E-state index in [1.807, 2.05) is 44.3 Å². The second-order valence-electron chi connectivity index (χ2n) is 5.85. The van der Waals surface area contributed by atoms with Gasteiger partial charge < -0.3 is 13.6 Å². The van der Waals surface area contributed by atoms with E-state index in [1.54, 1.807) is 19.6 Å². The maximum Gasteiger partial charge on any atom is 0.128 e. The molecule has 3 rings (SSSR count). The highest BCUT2D eigenvalue weighted by Crippen LogP contribution is 2.25. The van der Waals surface area contributed by atoms with Gasteiger partial charge in [0, 0.05) is 23.9 Å². The number of hydrogen-bond acceptors (Lipinski definition) is 5. The Morgan fingerprint density at radius 1 is 1.00 bits per heavy atom. The highest BCUT2D eigenvalue weighted by molar-refractivity contribution is 5.41. The minimum Gasteiger partial charge on any atom is -0.496 e. The van der Waals surface area contributed by atoms with Crippen LogP contribution in [0.25, 0.3) is 0 Å². The zero-order valence-electron chi connectivity index (χ0n) is 14.3. The van der Waals surface area contributed by atoms with Crippen LogP contribution in [0.5, 0.6) is 5.75 Å². The molecule has 0 saturated carbocycles. The molecule has 0 atom stereocenters. The van der Waals surface area contributed by atoms with Crippen LogP contribution in [-0.4, -0.2) is 17.0 Å². The van der Waals surface area contributed by atoms with Crippen LogP contribution in [0.2, 0.25) is 0 Å². The van der Waals surface area contributed by atoms with Gasteiger partial charge in [-0.1, -0.05) is 0 Å². The van der Waals surface area contributed by atoms with Gasteiger partial charge in [-0.3, -0.25) is 9.88 Å². The lowest BCUT2D eigenvalue weighted by molar-refractivity contribution is 0.206. The van der Waals surface area contributed by atoms with Gasteiger partial charge in [0.1, 0.15) is 17.3 Å². The van der Waals surface area contributed by atoms with E-state index in [0.29, 0.717) is 19.6 Å². The van der Waals surface area contributed by atoms with Gasteiger partial charge in [0.05, 0.1) is 38.4 Å². The van der Waals surface area contributed by atoms with Gasteiger partial charge in [-0.2, -0.15) is 0 Å². The van der Waals surface area contributed by atoms with Crippen molar-refractivity contribution in [2.45, 2.75) is 33.5 Å². The van der Waals surface area contributed by atoms with E-state index in [1.165, 1.54) is 0 Å². The molecule has 3 heterocycles. The topological polar surface area (TPSA) is 51.6 Å². The molecule has 0 spiro atoms. The Labute approximate surface area is 141 Å². The van der Waals surface area contributed by atoms with Crippen LogP contribution in [0, 0.1) is 13.8 Å². The first-order chi connectivity index (χ1) is 11.7. The Bertz CT molecular complexity index is 728. The fourth-order valence-electron chi connectivity index (χ4n) is 2.86. The number of aromatic nitrogens is 1. The van der Waals surface area contributed by atoms with Crippen molar-refractivity contribution in [3.8, 4) is 5.75 Å². The lowest BCUT2D eigenvalue weighted by Gasteiger charge is -2.21. The molecule has 126 valence electrons. The van der Waals surface area contributed by atoms with E-state index in [-0.39, 0.29) is 0 Å². The molecule has 0 aliphatic carbocycles. The molecular formula is C19H22N2O3. The average molecular weight is 326 g/mol. The van der Waals surface area contributed by atoms with Crippen molar-refractivity contribution in [2.24, 2.45) is 0 Å². The summed E-state index contributed by atoms with van der Waals surface area (Å²) < 4.78 is 16.5. The van der Waals surface area contributed by atoms with Gasteiger partial charge in [-0.15, -0.1) is 0 Å². The second kappa shape index (κ2) is 7.36. The normalized spacial score (nSPS) is 11.2. The standard InChI is InChI=1S/C19H22N2O3/c1-14-10-20-18(15(2)19(14)22-3)13-21(11-16-6-4-8-23-16)12-17-7-5-9-24-17/h4-10H,11-13H2,1-3H3. The highest BCUT2D eigenvalue weighted by Gasteiger charge is 2.16. The monoisotopic (exact) mass is 326 g/mol. The smallest absolute Gasteiger partial charge is 0.128 e. The SMILES string of the molecule is COc1c(C)cnc(CN(Cc2ccco2)Cc2ccco2)c1C. The average Bonchev–Trinajstić information content (AvgIpc) is 3.24. The minimum absolute atomic E-state index is 0.684. The Morgan fingerprint density at radius 3 is 2.12 bits per heavy atom. The molecule has 24 heavy (non-hydrogen) atoms. The fraction of sp³-hybridized carbons (Fsp3) is 0.316. The van der Waals surface area contributed by atoms with E-state index < -0.39 is 0 Å². The van der Waals surface area contributed by atoms with Crippen molar-refractivity contribution in [1.82, 2.24) is 9.88 Å². The van der Waals surface area contributed by atoms with E-state index in [4.69, 9.17) is 13.6 Å². The number of methoxy groups -OCH3 is 1. The van der Waals surface area contributed by atoms with Gasteiger partial charge >= 0.3 is 0 Å². The third kappa shape index (κ3) is 3.68. The summed E-state index contributed by atoms with van der Waals surface area (Å²) >= 11 is 0. The van der Waals surface area contributed by atoms with Crippen LogP contribution in [0.15, 0.2) is 51.8 Å². The molecule has 0 amide bonds. The molecule has 0 aromatic carbocycles. The molecular weight excluding hydrogens is 304 g/mol. The lowest BCUT2D eigenvalue weighted by Crippen LogP contribution is -2.23. The number of aryl methyl sites for hydroxylation is 1. The van der Waals surface area contributed by atoms with E-state index in [0.717, 1.165) is 34.1 Å². The van der Waals surface area contributed by atoms with Crippen LogP contribution >= 0.6 is 0 Å². The number of ether oxygens (including phenoxy) is 1. The van der Waals surface area contributed by atoms with E-state index in [9.17, 15) is 0 Å². The molecule has 0 saturated heterocycles. The summed E-state index contributed by atoms with van der Waals surface area (Å²) in [4.78, 5) is 6.84. The molecule has 0 unspecified atom stereocenters. The molecule has 0 bridgehead atoms. The zero-order chi connectivity index (χ0) is 16.9. The molecule has 0 radical (unpaired) electrons. The number of nitrogens with zero attached hydrogens (tertiary/aromatic N) is 2. The third-order valence-corrected chi connectivity index (χ3v) is 4.04. The third-order valence-electron chi connectivity index (χ3n) is 4.04. The maximum atomic E-state index is 5.51. The zero-order valence-corrected chi connectivity index (χ0v) is 14.3. The summed E-state index contributed by atoms with van der Waals surface area (Å²) in [6, 6.07) is 7.76. The minimum atomic E-state index is 0.684. The Hall–Kier alpha value is -2.53. The first-order valence-electron chi connectivity index (χ1n) is 7.93. The van der Waals surface area contributed by atoms with E-state index in [2.05, 4.69) is 9.88 Å². The van der Waals surface area contributed by atoms with Gasteiger partial charge in [0.15, 0.2) is 0 Å². The molecule has 0 N–H and O–H groups in total. The van der Waals surface area contributed by atoms with Crippen LogP contribution in [0.4, 0.5) is 0 Å². The van der Waals surface area contributed by atoms with Crippen LogP contribution < -0.4 is 4.74 Å². The van der Waals surface area contributed by atoms with Crippen molar-refractivity contribution < 1.29 is 13.6 Å². The van der Waals surface area contributed by atoms with Gasteiger partial charge in [0.25, 0.3) is 0 Å². The quantitative estimate of drug-likeness (QED) is 0.654. The summed E-state index contributed by atoms with van der Waals surface area (Å²) in [5.74, 6) is 2.73. The number of rotatable bonds is 7.